The van der Waals surface area contributed by atoms with Crippen molar-refractivity contribution in [2.45, 2.75) is 201 Å². The van der Waals surface area contributed by atoms with Gasteiger partial charge in [0.05, 0.1) is 16.1 Å². The molecule has 0 saturated carbocycles. The number of nitrogens with one attached hydrogen (secondary N) is 2. The Morgan fingerprint density at radius 1 is 0.589 bits per heavy atom. The number of hydrogen-bond acceptors (Lipinski definition) is 2. The Balaban J connectivity index is -0.000000117. The van der Waals surface area contributed by atoms with E-state index in [0.717, 1.165) is 21.6 Å². The zero-order chi connectivity index (χ0) is 46.6. The van der Waals surface area contributed by atoms with Crippen molar-refractivity contribution in [3.63, 3.8) is 0 Å². The third-order valence-electron chi connectivity index (χ3n) is 6.20. The van der Waals surface area contributed by atoms with E-state index in [4.69, 9.17) is 0 Å². The summed E-state index contributed by atoms with van der Waals surface area (Å²) in [6, 6.07) is 12.5. The van der Waals surface area contributed by atoms with Crippen LogP contribution in [0.3, 0.4) is 0 Å². The Morgan fingerprint density at radius 2 is 0.946 bits per heavy atom. The number of rotatable bonds is 5. The fraction of sp³-hybridized carbons (Fsp3) is 0.583. The molecule has 2 atom stereocenters. The number of allylic oxidation sites excluding steroid dienone is 2. The number of fused-ring (bicyclic) bond motifs is 1. The van der Waals surface area contributed by atoms with Crippen LogP contribution >= 0.6 is 0 Å². The summed E-state index contributed by atoms with van der Waals surface area (Å²) >= 11 is 0. The topological polar surface area (TPSA) is 58.2 Å². The van der Waals surface area contributed by atoms with Crippen LogP contribution in [0.4, 0.5) is 8.78 Å². The molecule has 0 radical (unpaired) electrons. The number of aryl methyl sites for hydroxylation is 2. The first-order chi connectivity index (χ1) is 26.2. The first kappa shape index (κ1) is 68.2. The third-order valence-corrected chi connectivity index (χ3v) is 9.39. The van der Waals surface area contributed by atoms with Gasteiger partial charge in [0.1, 0.15) is 27.8 Å². The summed E-state index contributed by atoms with van der Waals surface area (Å²) in [6.07, 6.45) is 0.558. The molecular weight excluding hydrogens is 739 g/mol. The standard InChI is InChI=1S/C15H18FNOS.C13H21NOS.C6H9F.7C2H6/c1-10-8-9-13(19(18)17-15(2,3)4)11-6-5-7-12(16)14(10)11;1-9-7-8-12(11(3)10(9)2)16(15)14-13(4,5)6;1-5(2)6(3)4-7;7*1-2/h5-9,17H,1-4H3;7-8,14H,1-6H3;4H,1H2,2-3H3;7*1-2H3/b;;6-4-;;;;;;;. The molecule has 56 heavy (non-hydrogen) atoms. The molecule has 2 unspecified atom stereocenters. The second kappa shape index (κ2) is 40.7. The second-order valence-electron chi connectivity index (χ2n) is 12.5. The van der Waals surface area contributed by atoms with Crippen LogP contribution in [0.15, 0.2) is 76.3 Å². The van der Waals surface area contributed by atoms with Crippen LogP contribution < -0.4 is 9.44 Å². The van der Waals surface area contributed by atoms with E-state index in [-0.39, 0.29) is 16.9 Å². The average molecular weight is 829 g/mol. The molecule has 330 valence electrons. The van der Waals surface area contributed by atoms with E-state index in [1.54, 1.807) is 26.0 Å². The maximum absolute atomic E-state index is 13.9. The van der Waals surface area contributed by atoms with Gasteiger partial charge >= 0.3 is 0 Å². The summed E-state index contributed by atoms with van der Waals surface area (Å²) < 4.78 is 56.0. The third kappa shape index (κ3) is 30.6. The molecule has 2 N–H and O–H groups in total. The highest BCUT2D eigenvalue weighted by Gasteiger charge is 2.18. The fourth-order valence-corrected chi connectivity index (χ4v) is 6.07. The van der Waals surface area contributed by atoms with Crippen LogP contribution in [-0.4, -0.2) is 19.5 Å². The molecule has 8 heteroatoms. The Bertz CT molecular complexity index is 1480. The van der Waals surface area contributed by atoms with Crippen LogP contribution in [0.2, 0.25) is 0 Å². The summed E-state index contributed by atoms with van der Waals surface area (Å²) in [5, 5.41) is 1.25. The Kier molecular flexibility index (Phi) is 49.5. The first-order valence-corrected chi connectivity index (χ1v) is 23.1. The molecule has 3 aromatic carbocycles. The van der Waals surface area contributed by atoms with Crippen LogP contribution in [0.5, 0.6) is 0 Å². The van der Waals surface area contributed by atoms with Gasteiger partial charge in [-0.2, -0.15) is 0 Å². The van der Waals surface area contributed by atoms with Gasteiger partial charge in [0.25, 0.3) is 0 Å². The van der Waals surface area contributed by atoms with Crippen molar-refractivity contribution >= 4 is 32.7 Å². The van der Waals surface area contributed by atoms with E-state index >= 15 is 0 Å². The smallest absolute Gasteiger partial charge is 0.131 e. The molecule has 0 aliphatic carbocycles. The Morgan fingerprint density at radius 3 is 1.29 bits per heavy atom. The first-order valence-electron chi connectivity index (χ1n) is 20.8. The van der Waals surface area contributed by atoms with Crippen molar-refractivity contribution < 1.29 is 17.2 Å². The molecule has 0 heterocycles. The van der Waals surface area contributed by atoms with Gasteiger partial charge in [-0.1, -0.05) is 133 Å². The van der Waals surface area contributed by atoms with E-state index in [1.165, 1.54) is 17.2 Å². The maximum atomic E-state index is 13.9. The lowest BCUT2D eigenvalue weighted by atomic mass is 10.1. The highest BCUT2D eigenvalue weighted by molar-refractivity contribution is 7.83. The fourth-order valence-electron chi connectivity index (χ4n) is 3.56. The number of halogens is 2. The molecule has 4 nitrogen and oxygen atoms in total. The zero-order valence-corrected chi connectivity index (χ0v) is 42.8. The van der Waals surface area contributed by atoms with Crippen LogP contribution in [0.25, 0.3) is 10.8 Å². The van der Waals surface area contributed by atoms with Gasteiger partial charge < -0.3 is 0 Å². The largest absolute Gasteiger partial charge is 0.237 e. The monoisotopic (exact) mass is 829 g/mol. The van der Waals surface area contributed by atoms with Gasteiger partial charge in [0, 0.05) is 21.9 Å². The number of hydrogen-bond donors (Lipinski definition) is 2. The summed E-state index contributed by atoms with van der Waals surface area (Å²) in [5.41, 5.74) is 5.42. The highest BCUT2D eigenvalue weighted by atomic mass is 32.2. The predicted octanol–water partition coefficient (Wildman–Crippen LogP) is 16.3. The van der Waals surface area contributed by atoms with E-state index in [1.807, 2.05) is 177 Å². The molecule has 0 fully saturated rings. The molecule has 3 aromatic rings. The lowest BCUT2D eigenvalue weighted by Crippen LogP contribution is -2.37. The summed E-state index contributed by atoms with van der Waals surface area (Å²) in [4.78, 5) is 1.51. The number of benzene rings is 3. The van der Waals surface area contributed by atoms with Crippen molar-refractivity contribution in [3.05, 3.63) is 94.6 Å². The molecule has 0 aliphatic rings. The average Bonchev–Trinajstić information content (AvgIpc) is 3.18. The van der Waals surface area contributed by atoms with Gasteiger partial charge in [-0.25, -0.2) is 26.6 Å². The lowest BCUT2D eigenvalue weighted by Gasteiger charge is -2.21. The molecule has 0 spiro atoms. The highest BCUT2D eigenvalue weighted by Crippen LogP contribution is 2.27. The van der Waals surface area contributed by atoms with Crippen molar-refractivity contribution in [2.24, 2.45) is 0 Å². The molecule has 0 amide bonds. The van der Waals surface area contributed by atoms with Crippen molar-refractivity contribution in [1.29, 1.82) is 0 Å². The second-order valence-corrected chi connectivity index (χ2v) is 14.9. The van der Waals surface area contributed by atoms with Gasteiger partial charge in [0.15, 0.2) is 0 Å². The molecule has 0 saturated heterocycles. The van der Waals surface area contributed by atoms with E-state index in [0.29, 0.717) is 27.6 Å². The predicted molar refractivity (Wildman–Crippen MR) is 257 cm³/mol. The lowest BCUT2D eigenvalue weighted by molar-refractivity contribution is 0.518. The Hall–Kier alpha value is -2.52. The van der Waals surface area contributed by atoms with E-state index in [9.17, 15) is 17.2 Å². The van der Waals surface area contributed by atoms with Crippen LogP contribution in [0.1, 0.15) is 175 Å². The quantitative estimate of drug-likeness (QED) is 0.252. The molecule has 3 rings (SSSR count). The van der Waals surface area contributed by atoms with E-state index < -0.39 is 22.0 Å². The van der Waals surface area contributed by atoms with Crippen molar-refractivity contribution in [3.8, 4) is 0 Å². The Labute approximate surface area is 353 Å². The normalized spacial score (nSPS) is 10.8. The summed E-state index contributed by atoms with van der Waals surface area (Å²) in [7, 11) is -2.49. The molecule has 0 bridgehead atoms. The molecular formula is C48H90F2N2O2S2. The molecule has 0 aliphatic heterocycles. The molecule has 0 aromatic heterocycles. The summed E-state index contributed by atoms with van der Waals surface area (Å²) in [6.45, 7) is 54.9. The van der Waals surface area contributed by atoms with Crippen LogP contribution in [0, 0.1) is 33.5 Å². The van der Waals surface area contributed by atoms with E-state index in [2.05, 4.69) is 29.9 Å². The minimum absolute atomic E-state index is 0.143. The van der Waals surface area contributed by atoms with Gasteiger partial charge in [-0.05, 0) is 129 Å². The van der Waals surface area contributed by atoms with Crippen molar-refractivity contribution in [2.75, 3.05) is 0 Å². The van der Waals surface area contributed by atoms with Crippen molar-refractivity contribution in [1.82, 2.24) is 9.44 Å². The minimum atomic E-state index is -1.36. The SMILES string of the molecule is C=C(C)/C(C)=C\F.CC.CC.CC.CC.CC.CC.CC.Cc1ccc(S(=O)NC(C)(C)C)c(C)c1C.Cc1ccc(S(=O)NC(C)(C)C)c2cccc(F)c12. The van der Waals surface area contributed by atoms with Gasteiger partial charge in [-0.15, -0.1) is 0 Å². The summed E-state index contributed by atoms with van der Waals surface area (Å²) in [5.74, 6) is -0.274. The maximum Gasteiger partial charge on any atom is 0.131 e. The van der Waals surface area contributed by atoms with Gasteiger partial charge in [0.2, 0.25) is 0 Å². The van der Waals surface area contributed by atoms with Gasteiger partial charge in [-0.3, -0.25) is 0 Å². The minimum Gasteiger partial charge on any atom is -0.237 e. The van der Waals surface area contributed by atoms with Crippen LogP contribution in [-0.2, 0) is 22.0 Å². The zero-order valence-electron chi connectivity index (χ0n) is 41.2.